The molecular formula is C13H16N2O2. The van der Waals surface area contributed by atoms with Crippen LogP contribution in [0.25, 0.3) is 10.9 Å². The van der Waals surface area contributed by atoms with Gasteiger partial charge in [0.2, 0.25) is 0 Å². The van der Waals surface area contributed by atoms with E-state index in [4.69, 9.17) is 0 Å². The summed E-state index contributed by atoms with van der Waals surface area (Å²) in [5.41, 5.74) is 1.28. The minimum absolute atomic E-state index is 0.000926. The number of nitrogens with zero attached hydrogens (tertiary/aromatic N) is 2. The highest BCUT2D eigenvalue weighted by Crippen LogP contribution is 2.25. The molecule has 0 aliphatic rings. The molecule has 90 valence electrons. The van der Waals surface area contributed by atoms with E-state index in [9.17, 15) is 9.90 Å². The lowest BCUT2D eigenvalue weighted by Crippen LogP contribution is -2.25. The second-order valence-corrected chi connectivity index (χ2v) is 4.36. The highest BCUT2D eigenvalue weighted by molar-refractivity contribution is 5.94. The predicted octanol–water partition coefficient (Wildman–Crippen LogP) is 2.42. The second kappa shape index (κ2) is 4.22. The van der Waals surface area contributed by atoms with Crippen molar-refractivity contribution in [3.8, 4) is 0 Å². The van der Waals surface area contributed by atoms with Gasteiger partial charge in [0.1, 0.15) is 5.69 Å². The van der Waals surface area contributed by atoms with E-state index in [0.717, 1.165) is 10.9 Å². The van der Waals surface area contributed by atoms with Gasteiger partial charge in [0, 0.05) is 5.39 Å². The number of hydrogen-bond donors (Lipinski definition) is 1. The van der Waals surface area contributed by atoms with Gasteiger partial charge < -0.3 is 9.67 Å². The third-order valence-electron chi connectivity index (χ3n) is 3.09. The largest absolute Gasteiger partial charge is 0.477 e. The normalized spacial score (nSPS) is 13.2. The summed E-state index contributed by atoms with van der Waals surface area (Å²) in [6.45, 7) is 1.98. The molecule has 2 rings (SSSR count). The Labute approximate surface area is 100 Å². The lowest BCUT2D eigenvalue weighted by atomic mass is 10.2. The third kappa shape index (κ3) is 1.91. The summed E-state index contributed by atoms with van der Waals surface area (Å²) < 4.78 is 1.84. The lowest BCUT2D eigenvalue weighted by Gasteiger charge is -2.24. The fourth-order valence-corrected chi connectivity index (χ4v) is 1.97. The van der Waals surface area contributed by atoms with Crippen LogP contribution in [0.5, 0.6) is 0 Å². The van der Waals surface area contributed by atoms with Crippen molar-refractivity contribution in [1.82, 2.24) is 9.47 Å². The molecule has 4 nitrogen and oxygen atoms in total. The Morgan fingerprint density at radius 2 is 2.00 bits per heavy atom. The highest BCUT2D eigenvalue weighted by Gasteiger charge is 2.19. The van der Waals surface area contributed by atoms with E-state index in [2.05, 4.69) is 0 Å². The number of rotatable bonds is 3. The van der Waals surface area contributed by atoms with Crippen LogP contribution in [-0.4, -0.2) is 34.6 Å². The number of carbonyl (C=O) groups is 1. The molecule has 0 radical (unpaired) electrons. The molecule has 1 N–H and O–H groups in total. The zero-order chi connectivity index (χ0) is 12.6. The number of hydrogen-bond acceptors (Lipinski definition) is 2. The number of para-hydroxylation sites is 1. The van der Waals surface area contributed by atoms with Gasteiger partial charge in [0.15, 0.2) is 0 Å². The van der Waals surface area contributed by atoms with Crippen molar-refractivity contribution in [1.29, 1.82) is 0 Å². The summed E-state index contributed by atoms with van der Waals surface area (Å²) in [5.74, 6) is -0.894. The average molecular weight is 232 g/mol. The topological polar surface area (TPSA) is 45.5 Å². The van der Waals surface area contributed by atoms with Crippen molar-refractivity contribution in [2.75, 3.05) is 14.1 Å². The summed E-state index contributed by atoms with van der Waals surface area (Å²) in [4.78, 5) is 13.3. The van der Waals surface area contributed by atoms with Gasteiger partial charge in [-0.3, -0.25) is 4.90 Å². The molecule has 1 atom stereocenters. The van der Waals surface area contributed by atoms with Crippen LogP contribution in [0.1, 0.15) is 23.6 Å². The van der Waals surface area contributed by atoms with Crippen LogP contribution in [0, 0.1) is 0 Å². The quantitative estimate of drug-likeness (QED) is 0.884. The summed E-state index contributed by atoms with van der Waals surface area (Å²) in [5, 5.41) is 10.2. The zero-order valence-electron chi connectivity index (χ0n) is 10.2. The SMILES string of the molecule is CC(N(C)C)n1c(C(=O)O)cc2ccccc21. The van der Waals surface area contributed by atoms with E-state index < -0.39 is 5.97 Å². The van der Waals surface area contributed by atoms with Crippen molar-refractivity contribution in [2.45, 2.75) is 13.1 Å². The van der Waals surface area contributed by atoms with Gasteiger partial charge in [0.25, 0.3) is 0 Å². The molecule has 1 aromatic heterocycles. The number of benzene rings is 1. The maximum atomic E-state index is 11.3. The van der Waals surface area contributed by atoms with E-state index in [1.165, 1.54) is 0 Å². The molecule has 0 fully saturated rings. The summed E-state index contributed by atoms with van der Waals surface area (Å²) in [6.07, 6.45) is 0.000926. The molecule has 0 amide bonds. The first-order valence-electron chi connectivity index (χ1n) is 5.52. The molecule has 1 heterocycles. The van der Waals surface area contributed by atoms with Crippen LogP contribution in [0.4, 0.5) is 0 Å². The van der Waals surface area contributed by atoms with Crippen LogP contribution < -0.4 is 0 Å². The van der Waals surface area contributed by atoms with E-state index in [1.807, 2.05) is 54.8 Å². The van der Waals surface area contributed by atoms with Crippen molar-refractivity contribution in [3.05, 3.63) is 36.0 Å². The van der Waals surface area contributed by atoms with Crippen LogP contribution in [-0.2, 0) is 0 Å². The van der Waals surface area contributed by atoms with Crippen molar-refractivity contribution >= 4 is 16.9 Å². The molecule has 1 aromatic carbocycles. The minimum atomic E-state index is -0.894. The molecule has 0 saturated heterocycles. The van der Waals surface area contributed by atoms with Crippen LogP contribution >= 0.6 is 0 Å². The van der Waals surface area contributed by atoms with Crippen molar-refractivity contribution < 1.29 is 9.90 Å². The first-order chi connectivity index (χ1) is 8.02. The molecule has 0 aliphatic heterocycles. The molecule has 0 aliphatic carbocycles. The fourth-order valence-electron chi connectivity index (χ4n) is 1.97. The monoisotopic (exact) mass is 232 g/mol. The second-order valence-electron chi connectivity index (χ2n) is 4.36. The Bertz CT molecular complexity index is 558. The van der Waals surface area contributed by atoms with Gasteiger partial charge in [-0.1, -0.05) is 18.2 Å². The van der Waals surface area contributed by atoms with Gasteiger partial charge in [-0.2, -0.15) is 0 Å². The molecule has 1 unspecified atom stereocenters. The molecule has 2 aromatic rings. The average Bonchev–Trinajstić information content (AvgIpc) is 2.67. The Kier molecular flexibility index (Phi) is 2.90. The molecule has 0 spiro atoms. The van der Waals surface area contributed by atoms with Gasteiger partial charge in [0.05, 0.1) is 11.7 Å². The Balaban J connectivity index is 2.72. The van der Waals surface area contributed by atoms with E-state index >= 15 is 0 Å². The van der Waals surface area contributed by atoms with Gasteiger partial charge in [-0.15, -0.1) is 0 Å². The minimum Gasteiger partial charge on any atom is -0.477 e. The Hall–Kier alpha value is -1.81. The first kappa shape index (κ1) is 11.7. The number of aromatic carboxylic acids is 1. The van der Waals surface area contributed by atoms with E-state index in [-0.39, 0.29) is 6.17 Å². The fraction of sp³-hybridized carbons (Fsp3) is 0.308. The van der Waals surface area contributed by atoms with Gasteiger partial charge >= 0.3 is 5.97 Å². The maximum Gasteiger partial charge on any atom is 0.352 e. The Morgan fingerprint density at radius 1 is 1.35 bits per heavy atom. The van der Waals surface area contributed by atoms with E-state index in [0.29, 0.717) is 5.69 Å². The number of fused-ring (bicyclic) bond motifs is 1. The summed E-state index contributed by atoms with van der Waals surface area (Å²) in [6, 6.07) is 9.44. The first-order valence-corrected chi connectivity index (χ1v) is 5.52. The van der Waals surface area contributed by atoms with Crippen molar-refractivity contribution in [2.24, 2.45) is 0 Å². The summed E-state index contributed by atoms with van der Waals surface area (Å²) in [7, 11) is 3.87. The molecule has 17 heavy (non-hydrogen) atoms. The molecule has 0 bridgehead atoms. The van der Waals surface area contributed by atoms with Crippen LogP contribution in [0.3, 0.4) is 0 Å². The predicted molar refractivity (Wildman–Crippen MR) is 67.3 cm³/mol. The standard InChI is InChI=1S/C13H16N2O2/c1-9(14(2)3)15-11-7-5-4-6-10(11)8-12(15)13(16)17/h4-9H,1-3H3,(H,16,17). The molecular weight excluding hydrogens is 216 g/mol. The van der Waals surface area contributed by atoms with Crippen LogP contribution in [0.15, 0.2) is 30.3 Å². The van der Waals surface area contributed by atoms with Crippen molar-refractivity contribution in [3.63, 3.8) is 0 Å². The van der Waals surface area contributed by atoms with Crippen LogP contribution in [0.2, 0.25) is 0 Å². The van der Waals surface area contributed by atoms with Gasteiger partial charge in [-0.25, -0.2) is 4.79 Å². The zero-order valence-corrected chi connectivity index (χ0v) is 10.2. The Morgan fingerprint density at radius 3 is 2.59 bits per heavy atom. The highest BCUT2D eigenvalue weighted by atomic mass is 16.4. The third-order valence-corrected chi connectivity index (χ3v) is 3.09. The van der Waals surface area contributed by atoms with Gasteiger partial charge in [-0.05, 0) is 33.2 Å². The summed E-state index contributed by atoms with van der Waals surface area (Å²) >= 11 is 0. The maximum absolute atomic E-state index is 11.3. The number of carboxylic acids is 1. The number of carboxylic acid groups (broad SMARTS) is 1. The smallest absolute Gasteiger partial charge is 0.352 e. The molecule has 0 saturated carbocycles. The van der Waals surface area contributed by atoms with E-state index in [1.54, 1.807) is 6.07 Å². The number of aromatic nitrogens is 1. The lowest BCUT2D eigenvalue weighted by molar-refractivity contribution is 0.0677. The molecule has 4 heteroatoms.